The first-order valence-corrected chi connectivity index (χ1v) is 33.5. The second-order valence-electron chi connectivity index (χ2n) is 27.7. The van der Waals surface area contributed by atoms with E-state index in [1.54, 1.807) is 0 Å². The Morgan fingerprint density at radius 3 is 1.21 bits per heavy atom. The third-order valence-corrected chi connectivity index (χ3v) is 20.9. The van der Waals surface area contributed by atoms with Crippen LogP contribution >= 0.6 is 0 Å². The fraction of sp³-hybridized carbons (Fsp3) is 0.692. The Bertz CT molecular complexity index is 2890. The van der Waals surface area contributed by atoms with Crippen molar-refractivity contribution in [2.45, 2.75) is 135 Å². The lowest BCUT2D eigenvalue weighted by molar-refractivity contribution is -0.202. The van der Waals surface area contributed by atoms with Gasteiger partial charge in [0, 0.05) is 94.6 Å². The number of nitrogens with zero attached hydrogens (tertiary/aromatic N) is 6. The van der Waals surface area contributed by atoms with Gasteiger partial charge in [0.15, 0.2) is 0 Å². The van der Waals surface area contributed by atoms with Gasteiger partial charge < -0.3 is 82.3 Å². The number of carbonyl (C=O) groups excluding carboxylic acids is 3. The highest BCUT2D eigenvalue weighted by Crippen LogP contribution is 2.68. The van der Waals surface area contributed by atoms with E-state index in [2.05, 4.69) is 29.8 Å². The maximum atomic E-state index is 14.7. The molecule has 13 atom stereocenters. The van der Waals surface area contributed by atoms with E-state index in [0.717, 1.165) is 32.4 Å². The summed E-state index contributed by atoms with van der Waals surface area (Å²) in [5, 5.41) is 139. The average molecular weight is 1440 g/mol. The summed E-state index contributed by atoms with van der Waals surface area (Å²) in [4.78, 5) is 180. The van der Waals surface area contributed by atoms with E-state index >= 15 is 0 Å². The molecule has 4 fully saturated rings. The zero-order chi connectivity index (χ0) is 75.4. The minimum atomic E-state index is -1.65. The van der Waals surface area contributed by atoms with Crippen LogP contribution in [0.1, 0.15) is 115 Å². The van der Waals surface area contributed by atoms with E-state index in [-0.39, 0.29) is 117 Å². The number of hydrogen-bond acceptors (Lipinski definition) is 22. The Labute approximate surface area is 581 Å². The average Bonchev–Trinajstić information content (AvgIpc) is 1.67. The quantitative estimate of drug-likeness (QED) is 0.0399. The smallest absolute Gasteiger partial charge is 0.320 e. The SMILES string of the molecule is CC(CCC(=O)O)C1CCC2C3C(O)C[C@H]4CC(NC(=O)c5cc(NC(=O)CC[C@@H](C(=O)O)N(CCN(CC(=O)O)CC(=O)O)CCN(CC(=O)O)CC(=O)O)cc(NC(=O)CC[C@@H](C(=O)O)N(CCN(CC(=O)O)CC(=O)O)CCN(CC(=O)O)CC(=O)O)c5)CC[C@]4(C)C3C[C@H](O)[C@]12C. The summed E-state index contributed by atoms with van der Waals surface area (Å²) in [6.07, 6.45) is 0.465. The molecule has 1 aromatic rings. The second-order valence-corrected chi connectivity index (χ2v) is 27.7. The van der Waals surface area contributed by atoms with Crippen molar-refractivity contribution < 1.29 is 134 Å². The number of nitrogens with one attached hydrogen (secondary N) is 3. The molecular weight excluding hydrogens is 1340 g/mol. The molecule has 16 N–H and O–H groups in total. The molecule has 564 valence electrons. The number of hydrogen-bond donors (Lipinski definition) is 16. The van der Waals surface area contributed by atoms with Gasteiger partial charge in [0.25, 0.3) is 5.91 Å². The molecule has 4 aliphatic rings. The number of carbonyl (C=O) groups is 14. The predicted octanol–water partition coefficient (Wildman–Crippen LogP) is -0.281. The molecule has 0 spiro atoms. The molecule has 4 aliphatic carbocycles. The molecule has 36 nitrogen and oxygen atoms in total. The van der Waals surface area contributed by atoms with Crippen LogP contribution in [-0.4, -0.2) is 314 Å². The highest BCUT2D eigenvalue weighted by molar-refractivity contribution is 6.01. The van der Waals surface area contributed by atoms with Gasteiger partial charge in [-0.05, 0) is 129 Å². The van der Waals surface area contributed by atoms with Gasteiger partial charge in [-0.15, -0.1) is 0 Å². The summed E-state index contributed by atoms with van der Waals surface area (Å²) in [5.41, 5.74) is -1.39. The number of carboxylic acid groups (broad SMARTS) is 11. The second kappa shape index (κ2) is 37.9. The van der Waals surface area contributed by atoms with Crippen molar-refractivity contribution in [3.05, 3.63) is 23.8 Å². The molecular formula is C65H97N9O27. The van der Waals surface area contributed by atoms with Gasteiger partial charge in [-0.2, -0.15) is 0 Å². The highest BCUT2D eigenvalue weighted by atomic mass is 16.4. The summed E-state index contributed by atoms with van der Waals surface area (Å²) in [6.45, 7) is -3.23. The first-order chi connectivity index (χ1) is 47.3. The van der Waals surface area contributed by atoms with Crippen LogP contribution in [0.15, 0.2) is 18.2 Å². The number of benzene rings is 1. The summed E-state index contributed by atoms with van der Waals surface area (Å²) in [7, 11) is 0. The summed E-state index contributed by atoms with van der Waals surface area (Å²) in [6, 6.07) is -0.0889. The first-order valence-electron chi connectivity index (χ1n) is 33.5. The maximum absolute atomic E-state index is 14.7. The lowest BCUT2D eigenvalue weighted by atomic mass is 9.43. The molecule has 0 bridgehead atoms. The number of fused-ring (bicyclic) bond motifs is 5. The minimum Gasteiger partial charge on any atom is -0.481 e. The number of carboxylic acids is 11. The Balaban J connectivity index is 1.45. The number of amides is 3. The lowest BCUT2D eigenvalue weighted by Gasteiger charge is -2.63. The van der Waals surface area contributed by atoms with Gasteiger partial charge in [-0.25, -0.2) is 0 Å². The number of aliphatic hydroxyl groups excluding tert-OH is 2. The third-order valence-electron chi connectivity index (χ3n) is 20.9. The van der Waals surface area contributed by atoms with Crippen LogP contribution < -0.4 is 16.0 Å². The summed E-state index contributed by atoms with van der Waals surface area (Å²) < 4.78 is 0. The molecule has 0 heterocycles. The number of rotatable bonds is 46. The van der Waals surface area contributed by atoms with E-state index in [9.17, 15) is 134 Å². The molecule has 4 saturated carbocycles. The molecule has 3 amide bonds. The van der Waals surface area contributed by atoms with E-state index < -0.39 is 197 Å². The molecule has 0 radical (unpaired) electrons. The molecule has 101 heavy (non-hydrogen) atoms. The third kappa shape index (κ3) is 24.9. The van der Waals surface area contributed by atoms with Gasteiger partial charge in [-0.3, -0.25) is 96.5 Å². The van der Waals surface area contributed by atoms with Crippen molar-refractivity contribution in [1.82, 2.24) is 34.7 Å². The number of anilines is 2. The van der Waals surface area contributed by atoms with Gasteiger partial charge >= 0.3 is 65.7 Å². The normalized spacial score (nSPS) is 24.0. The fourth-order valence-corrected chi connectivity index (χ4v) is 16.2. The predicted molar refractivity (Wildman–Crippen MR) is 350 cm³/mol. The van der Waals surface area contributed by atoms with Crippen LogP contribution in [0.5, 0.6) is 0 Å². The van der Waals surface area contributed by atoms with Crippen LogP contribution in [0.4, 0.5) is 11.4 Å². The Kier molecular flexibility index (Phi) is 31.2. The van der Waals surface area contributed by atoms with Crippen LogP contribution in [0.25, 0.3) is 0 Å². The molecule has 7 unspecified atom stereocenters. The molecule has 0 saturated heterocycles. The van der Waals surface area contributed by atoms with Gasteiger partial charge in [-0.1, -0.05) is 20.8 Å². The largest absolute Gasteiger partial charge is 0.481 e. The van der Waals surface area contributed by atoms with Crippen LogP contribution in [0, 0.1) is 46.3 Å². The standard InChI is InChI=1S/C65H97N9O27/c1-36(4-11-51(79)80)42-5-6-43-60-44(27-48(76)65(42,43)3)64(2)13-12-39(24-38(64)25-47(60)75)68-61(97)37-22-40(66-49(77)9-7-45(62(98)99)73(18-14-69(28-52(81)82)29-53(83)84)19-15-70(30-54(85)86)31-55(87)88)26-41(23-37)67-50(78)10-8-46(63(100)101)74(20-16-71(32-56(89)90)33-57(91)92)21-17-72(34-58(93)94)35-59(95)96/h22-23,26,36,38-39,42-48,60,75-76H,4-21,24-25,27-35H2,1-3H3,(H,66,77)(H,67,78)(H,68,97)(H,79,80)(H,81,82)(H,83,84)(H,85,86)(H,87,88)(H,89,90)(H,91,92)(H,93,94)(H,95,96)(H,98,99)(H,100,101)/t36?,38-,39?,42?,43?,44?,45+,46+,47?,48+,60?,64+,65-/m1/s1. The number of aliphatic hydroxyl groups is 2. The monoisotopic (exact) mass is 1440 g/mol. The van der Waals surface area contributed by atoms with Gasteiger partial charge in [0.05, 0.1) is 64.6 Å². The zero-order valence-corrected chi connectivity index (χ0v) is 56.8. The van der Waals surface area contributed by atoms with Crippen molar-refractivity contribution in [3.63, 3.8) is 0 Å². The zero-order valence-electron chi connectivity index (χ0n) is 56.8. The topological polar surface area (TPSA) is 558 Å². The van der Waals surface area contributed by atoms with Crippen molar-refractivity contribution in [3.8, 4) is 0 Å². The Morgan fingerprint density at radius 2 is 0.851 bits per heavy atom. The lowest BCUT2D eigenvalue weighted by Crippen LogP contribution is -2.63. The minimum absolute atomic E-state index is 0.00292. The van der Waals surface area contributed by atoms with Crippen molar-refractivity contribution >= 4 is 94.8 Å². The molecule has 1 aromatic carbocycles. The van der Waals surface area contributed by atoms with E-state index in [1.165, 1.54) is 28.0 Å². The van der Waals surface area contributed by atoms with Crippen molar-refractivity contribution in [2.24, 2.45) is 46.3 Å². The van der Waals surface area contributed by atoms with E-state index in [1.807, 2.05) is 6.92 Å². The summed E-state index contributed by atoms with van der Waals surface area (Å²) in [5.74, 6) is -18.2. The Morgan fingerprint density at radius 1 is 0.465 bits per heavy atom. The van der Waals surface area contributed by atoms with Crippen LogP contribution in [-0.2, 0) is 62.3 Å². The summed E-state index contributed by atoms with van der Waals surface area (Å²) >= 11 is 0. The van der Waals surface area contributed by atoms with E-state index in [4.69, 9.17) is 0 Å². The van der Waals surface area contributed by atoms with Gasteiger partial charge in [0.2, 0.25) is 11.8 Å². The molecule has 5 rings (SSSR count). The number of aliphatic carboxylic acids is 11. The van der Waals surface area contributed by atoms with Gasteiger partial charge in [0.1, 0.15) is 12.1 Å². The van der Waals surface area contributed by atoms with Crippen LogP contribution in [0.2, 0.25) is 0 Å². The Hall–Kier alpha value is -8.52. The molecule has 0 aromatic heterocycles. The first kappa shape index (κ1) is 83.1. The molecule has 0 aliphatic heterocycles. The molecule has 36 heteroatoms. The fourth-order valence-electron chi connectivity index (χ4n) is 16.2. The van der Waals surface area contributed by atoms with E-state index in [0.29, 0.717) is 38.5 Å². The van der Waals surface area contributed by atoms with Crippen LogP contribution in [0.3, 0.4) is 0 Å². The highest BCUT2D eigenvalue weighted by Gasteiger charge is 2.66. The van der Waals surface area contributed by atoms with Crippen molar-refractivity contribution in [1.29, 1.82) is 0 Å². The maximum Gasteiger partial charge on any atom is 0.320 e. The van der Waals surface area contributed by atoms with Crippen molar-refractivity contribution in [2.75, 3.05) is 115 Å².